The van der Waals surface area contributed by atoms with Gasteiger partial charge in [0, 0.05) is 32.1 Å². The van der Waals surface area contributed by atoms with Crippen molar-refractivity contribution in [1.29, 1.82) is 0 Å². The van der Waals surface area contributed by atoms with Crippen LogP contribution in [0.15, 0.2) is 71.5 Å². The van der Waals surface area contributed by atoms with E-state index in [2.05, 4.69) is 62.8 Å². The maximum atomic E-state index is 13.6. The number of hydrogen-bond donors (Lipinski definition) is 3. The Labute approximate surface area is 213 Å². The van der Waals surface area contributed by atoms with E-state index in [1.807, 2.05) is 12.1 Å². The van der Waals surface area contributed by atoms with Crippen LogP contribution < -0.4 is 10.6 Å². The number of nitrogens with one attached hydrogen (secondary N) is 3. The van der Waals surface area contributed by atoms with Crippen molar-refractivity contribution in [3.05, 3.63) is 102 Å². The molecule has 0 bridgehead atoms. The summed E-state index contributed by atoms with van der Waals surface area (Å²) in [6.07, 6.45) is 4.06. The van der Waals surface area contributed by atoms with Gasteiger partial charge in [-0.05, 0) is 47.9 Å². The van der Waals surface area contributed by atoms with E-state index in [4.69, 9.17) is 9.40 Å². The van der Waals surface area contributed by atoms with Gasteiger partial charge in [0.1, 0.15) is 17.9 Å². The van der Waals surface area contributed by atoms with Gasteiger partial charge in [0.25, 0.3) is 5.91 Å². The van der Waals surface area contributed by atoms with Crippen LogP contribution in [0, 0.1) is 12.7 Å². The lowest BCUT2D eigenvalue weighted by molar-refractivity contribution is 0.0945. The smallest absolute Gasteiger partial charge is 0.273 e. The summed E-state index contributed by atoms with van der Waals surface area (Å²) in [5.41, 5.74) is 5.89. The summed E-state index contributed by atoms with van der Waals surface area (Å²) in [5, 5.41) is 5.95. The standard InChI is InChI=1S/C28H27FN6O2/c1-18-5-2-3-6-20(18)19-8-9-22-23(15-19)34-26(33-22)10-13-30-14-11-27-35-25(17-37-27)28(36)32-16-24-21(29)7-4-12-31-24/h2-9,12,15,17,30H,10-11,13-14,16H2,1H3,(H,32,36)(H,33,34). The number of imidazole rings is 1. The highest BCUT2D eigenvalue weighted by Gasteiger charge is 2.13. The predicted octanol–water partition coefficient (Wildman–Crippen LogP) is 4.37. The average molecular weight is 499 g/mol. The van der Waals surface area contributed by atoms with Crippen LogP contribution in [0.5, 0.6) is 0 Å². The Hall–Kier alpha value is -4.37. The molecule has 188 valence electrons. The fourth-order valence-corrected chi connectivity index (χ4v) is 4.10. The number of carbonyl (C=O) groups excluding carboxylic acids is 1. The van der Waals surface area contributed by atoms with Crippen molar-refractivity contribution >= 4 is 16.9 Å². The number of benzene rings is 2. The van der Waals surface area contributed by atoms with Crippen LogP contribution in [0.25, 0.3) is 22.2 Å². The van der Waals surface area contributed by atoms with E-state index in [0.29, 0.717) is 18.9 Å². The molecule has 5 aromatic rings. The Morgan fingerprint density at radius 3 is 2.78 bits per heavy atom. The first kappa shape index (κ1) is 24.3. The van der Waals surface area contributed by atoms with Gasteiger partial charge in [-0.2, -0.15) is 0 Å². The topological polar surface area (TPSA) is 109 Å². The number of H-pyrrole nitrogens is 1. The average Bonchev–Trinajstić information content (AvgIpc) is 3.54. The number of pyridine rings is 1. The molecule has 1 amide bonds. The third kappa shape index (κ3) is 5.90. The van der Waals surface area contributed by atoms with Crippen LogP contribution in [-0.2, 0) is 19.4 Å². The number of rotatable bonds is 10. The third-order valence-electron chi connectivity index (χ3n) is 6.08. The maximum Gasteiger partial charge on any atom is 0.273 e. The Balaban J connectivity index is 1.07. The predicted molar refractivity (Wildman–Crippen MR) is 138 cm³/mol. The van der Waals surface area contributed by atoms with E-state index in [-0.39, 0.29) is 17.9 Å². The molecule has 5 rings (SSSR count). The van der Waals surface area contributed by atoms with Crippen LogP contribution in [0.2, 0.25) is 0 Å². The van der Waals surface area contributed by atoms with Gasteiger partial charge in [-0.15, -0.1) is 0 Å². The van der Waals surface area contributed by atoms with E-state index in [1.54, 1.807) is 0 Å². The monoisotopic (exact) mass is 498 g/mol. The van der Waals surface area contributed by atoms with Crippen LogP contribution in [0.1, 0.15) is 33.5 Å². The Morgan fingerprint density at radius 1 is 1.05 bits per heavy atom. The van der Waals surface area contributed by atoms with Crippen molar-refractivity contribution in [2.24, 2.45) is 0 Å². The molecular weight excluding hydrogens is 471 g/mol. The molecule has 2 aromatic carbocycles. The maximum absolute atomic E-state index is 13.6. The second-order valence-corrected chi connectivity index (χ2v) is 8.72. The fraction of sp³-hybridized carbons (Fsp3) is 0.214. The lowest BCUT2D eigenvalue weighted by atomic mass is 10.0. The van der Waals surface area contributed by atoms with E-state index in [0.717, 1.165) is 35.4 Å². The van der Waals surface area contributed by atoms with Crippen molar-refractivity contribution < 1.29 is 13.6 Å². The number of amides is 1. The van der Waals surface area contributed by atoms with E-state index in [9.17, 15) is 9.18 Å². The summed E-state index contributed by atoms with van der Waals surface area (Å²) in [7, 11) is 0. The lowest BCUT2D eigenvalue weighted by Crippen LogP contribution is -2.24. The molecule has 0 saturated heterocycles. The number of halogens is 1. The molecule has 0 aliphatic carbocycles. The van der Waals surface area contributed by atoms with Gasteiger partial charge in [-0.25, -0.2) is 14.4 Å². The largest absolute Gasteiger partial charge is 0.448 e. The number of oxazole rings is 1. The van der Waals surface area contributed by atoms with Crippen molar-refractivity contribution in [3.63, 3.8) is 0 Å². The molecule has 0 spiro atoms. The zero-order chi connectivity index (χ0) is 25.6. The molecule has 0 unspecified atom stereocenters. The summed E-state index contributed by atoms with van der Waals surface area (Å²) >= 11 is 0. The van der Waals surface area contributed by atoms with Gasteiger partial charge >= 0.3 is 0 Å². The molecule has 3 N–H and O–H groups in total. The molecule has 3 aromatic heterocycles. The van der Waals surface area contributed by atoms with Crippen LogP contribution in [0.4, 0.5) is 4.39 Å². The minimum absolute atomic E-state index is 0.0236. The number of carbonyl (C=O) groups is 1. The van der Waals surface area contributed by atoms with Gasteiger partial charge in [-0.1, -0.05) is 30.3 Å². The summed E-state index contributed by atoms with van der Waals surface area (Å²) in [5.74, 6) is 0.464. The normalized spacial score (nSPS) is 11.2. The molecule has 37 heavy (non-hydrogen) atoms. The van der Waals surface area contributed by atoms with Crippen LogP contribution in [-0.4, -0.2) is 38.9 Å². The number of hydrogen-bond acceptors (Lipinski definition) is 6. The molecule has 0 fully saturated rings. The highest BCUT2D eigenvalue weighted by molar-refractivity contribution is 5.91. The Morgan fingerprint density at radius 2 is 1.92 bits per heavy atom. The minimum Gasteiger partial charge on any atom is -0.448 e. The van der Waals surface area contributed by atoms with Crippen LogP contribution >= 0.6 is 0 Å². The molecule has 8 nitrogen and oxygen atoms in total. The molecule has 0 aliphatic heterocycles. The van der Waals surface area contributed by atoms with Gasteiger partial charge in [0.05, 0.1) is 23.3 Å². The van der Waals surface area contributed by atoms with Crippen LogP contribution in [0.3, 0.4) is 0 Å². The molecule has 0 radical (unpaired) electrons. The number of aromatic nitrogens is 4. The number of nitrogens with zero attached hydrogens (tertiary/aromatic N) is 3. The number of aryl methyl sites for hydroxylation is 1. The van der Waals surface area contributed by atoms with Crippen molar-refractivity contribution in [2.75, 3.05) is 13.1 Å². The van der Waals surface area contributed by atoms with E-state index in [1.165, 1.54) is 35.7 Å². The third-order valence-corrected chi connectivity index (χ3v) is 6.08. The quantitative estimate of drug-likeness (QED) is 0.247. The van der Waals surface area contributed by atoms with E-state index < -0.39 is 11.7 Å². The molecule has 0 aliphatic rings. The molecular formula is C28H27FN6O2. The molecule has 0 saturated carbocycles. The first-order valence-electron chi connectivity index (χ1n) is 12.1. The summed E-state index contributed by atoms with van der Waals surface area (Å²) in [6, 6.07) is 17.4. The number of fused-ring (bicyclic) bond motifs is 1. The van der Waals surface area contributed by atoms with Gasteiger partial charge in [-0.3, -0.25) is 9.78 Å². The highest BCUT2D eigenvalue weighted by Crippen LogP contribution is 2.26. The molecule has 3 heterocycles. The Kier molecular flexibility index (Phi) is 7.32. The minimum atomic E-state index is -0.468. The second-order valence-electron chi connectivity index (χ2n) is 8.72. The van der Waals surface area contributed by atoms with Gasteiger partial charge < -0.3 is 20.0 Å². The van der Waals surface area contributed by atoms with Gasteiger partial charge in [0.2, 0.25) is 0 Å². The van der Waals surface area contributed by atoms with Crippen molar-refractivity contribution in [2.45, 2.75) is 26.3 Å². The SMILES string of the molecule is Cc1ccccc1-c1ccc2[nH]c(CCNCCc3nc(C(=O)NCc4ncccc4F)co3)nc2c1. The highest BCUT2D eigenvalue weighted by atomic mass is 19.1. The van der Waals surface area contributed by atoms with E-state index >= 15 is 0 Å². The summed E-state index contributed by atoms with van der Waals surface area (Å²) < 4.78 is 19.0. The molecule has 9 heteroatoms. The lowest BCUT2D eigenvalue weighted by Gasteiger charge is -2.05. The van der Waals surface area contributed by atoms with Crippen molar-refractivity contribution in [1.82, 2.24) is 30.6 Å². The molecule has 0 atom stereocenters. The number of aromatic amines is 1. The second kappa shape index (κ2) is 11.1. The zero-order valence-electron chi connectivity index (χ0n) is 20.4. The van der Waals surface area contributed by atoms with Crippen molar-refractivity contribution in [3.8, 4) is 11.1 Å². The van der Waals surface area contributed by atoms with Gasteiger partial charge in [0.15, 0.2) is 11.6 Å². The first-order chi connectivity index (χ1) is 18.1. The zero-order valence-corrected chi connectivity index (χ0v) is 20.4. The fourth-order valence-electron chi connectivity index (χ4n) is 4.10. The first-order valence-corrected chi connectivity index (χ1v) is 12.1. The summed E-state index contributed by atoms with van der Waals surface area (Å²) in [4.78, 5) is 28.5. The Bertz CT molecular complexity index is 1530. The summed E-state index contributed by atoms with van der Waals surface area (Å²) in [6.45, 7) is 3.46.